The van der Waals surface area contributed by atoms with Crippen LogP contribution in [0.4, 0.5) is 0 Å². The molecule has 0 aromatic heterocycles. The molecule has 6 nitrogen and oxygen atoms in total. The highest BCUT2D eigenvalue weighted by Gasteiger charge is 2.15. The van der Waals surface area contributed by atoms with Crippen LogP contribution in [0.25, 0.3) is 0 Å². The Morgan fingerprint density at radius 2 is 2.04 bits per heavy atom. The van der Waals surface area contributed by atoms with Crippen molar-refractivity contribution in [2.24, 2.45) is 5.73 Å². The number of halogens is 1. The number of nitrogens with one attached hydrogen (secondary N) is 1. The van der Waals surface area contributed by atoms with Crippen LogP contribution in [0.15, 0.2) is 23.1 Å². The van der Waals surface area contributed by atoms with E-state index in [1.807, 2.05) is 6.92 Å². The predicted molar refractivity (Wildman–Crippen MR) is 91.8 cm³/mol. The third-order valence-corrected chi connectivity index (χ3v) is 4.57. The molecule has 1 aliphatic rings. The van der Waals surface area contributed by atoms with Crippen molar-refractivity contribution in [2.45, 2.75) is 30.7 Å². The lowest BCUT2D eigenvalue weighted by molar-refractivity contribution is -0.120. The van der Waals surface area contributed by atoms with Gasteiger partial charge in [0.2, 0.25) is 5.91 Å². The first-order valence-corrected chi connectivity index (χ1v) is 8.68. The first-order chi connectivity index (χ1) is 10.6. The smallest absolute Gasteiger partial charge is 0.220 e. The molecule has 1 heterocycles. The van der Waals surface area contributed by atoms with Crippen molar-refractivity contribution in [1.29, 1.82) is 0 Å². The Bertz CT molecular complexity index is 554. The highest BCUT2D eigenvalue weighted by Crippen LogP contribution is 2.31. The summed E-state index contributed by atoms with van der Waals surface area (Å²) < 4.78 is 23.1. The number of benzene rings is 1. The van der Waals surface area contributed by atoms with E-state index in [9.17, 15) is 9.00 Å². The minimum absolute atomic E-state index is 0. The molecule has 0 spiro atoms. The van der Waals surface area contributed by atoms with Gasteiger partial charge in [-0.15, -0.1) is 12.4 Å². The second-order valence-corrected chi connectivity index (χ2v) is 6.79. The summed E-state index contributed by atoms with van der Waals surface area (Å²) in [6.07, 6.45) is 0.955. The van der Waals surface area contributed by atoms with Crippen LogP contribution in [-0.2, 0) is 15.6 Å². The maximum Gasteiger partial charge on any atom is 0.220 e. The number of carbonyl (C=O) groups excluding carboxylic acids is 1. The van der Waals surface area contributed by atoms with E-state index >= 15 is 0 Å². The van der Waals surface area contributed by atoms with Gasteiger partial charge in [-0.2, -0.15) is 0 Å². The lowest BCUT2D eigenvalue weighted by Crippen LogP contribution is -2.29. The minimum atomic E-state index is -1.24. The largest absolute Gasteiger partial charge is 0.486 e. The zero-order chi connectivity index (χ0) is 15.9. The van der Waals surface area contributed by atoms with E-state index in [0.29, 0.717) is 36.2 Å². The summed E-state index contributed by atoms with van der Waals surface area (Å²) in [4.78, 5) is 12.3. The molecule has 0 radical (unpaired) electrons. The molecule has 2 rings (SSSR count). The van der Waals surface area contributed by atoms with E-state index in [0.717, 1.165) is 6.42 Å². The third kappa shape index (κ3) is 6.37. The van der Waals surface area contributed by atoms with Crippen molar-refractivity contribution in [2.75, 3.05) is 25.5 Å². The highest BCUT2D eigenvalue weighted by molar-refractivity contribution is 7.85. The summed E-state index contributed by atoms with van der Waals surface area (Å²) in [6, 6.07) is 5.29. The van der Waals surface area contributed by atoms with E-state index in [4.69, 9.17) is 15.2 Å². The summed E-state index contributed by atoms with van der Waals surface area (Å²) in [5.41, 5.74) is 5.61. The Morgan fingerprint density at radius 1 is 1.35 bits per heavy atom. The second kappa shape index (κ2) is 9.75. The normalized spacial score (nSPS) is 15.2. The van der Waals surface area contributed by atoms with Gasteiger partial charge in [0.15, 0.2) is 11.5 Å². The molecule has 0 saturated carbocycles. The van der Waals surface area contributed by atoms with Gasteiger partial charge in [-0.25, -0.2) is 0 Å². The summed E-state index contributed by atoms with van der Waals surface area (Å²) in [5, 5.41) is 2.77. The van der Waals surface area contributed by atoms with Crippen LogP contribution in [-0.4, -0.2) is 41.7 Å². The molecule has 2 atom stereocenters. The van der Waals surface area contributed by atoms with Crippen LogP contribution in [0.5, 0.6) is 11.5 Å². The van der Waals surface area contributed by atoms with E-state index in [1.165, 1.54) is 0 Å². The van der Waals surface area contributed by atoms with Gasteiger partial charge in [0.1, 0.15) is 13.2 Å². The maximum absolute atomic E-state index is 12.2. The van der Waals surface area contributed by atoms with Gasteiger partial charge < -0.3 is 20.5 Å². The summed E-state index contributed by atoms with van der Waals surface area (Å²) >= 11 is 0. The number of ether oxygens (including phenoxy) is 2. The standard InChI is InChI=1S/C15H22N2O4S.ClH/c1-11(16)4-6-17-15(18)5-9-22(19)12-2-3-13-14(10-12)21-8-7-20-13;/h2-3,10-11H,4-9,16H2,1H3,(H,17,18);1H. The molecular weight excluding hydrogens is 340 g/mol. The van der Waals surface area contributed by atoms with Gasteiger partial charge in [-0.1, -0.05) is 0 Å². The highest BCUT2D eigenvalue weighted by atomic mass is 35.5. The Balaban J connectivity index is 0.00000264. The van der Waals surface area contributed by atoms with Crippen molar-refractivity contribution >= 4 is 29.1 Å². The second-order valence-electron chi connectivity index (χ2n) is 5.22. The SMILES string of the molecule is CC(N)CCNC(=O)CCS(=O)c1ccc2c(c1)OCCO2.Cl. The lowest BCUT2D eigenvalue weighted by atomic mass is 10.2. The van der Waals surface area contributed by atoms with Gasteiger partial charge in [0, 0.05) is 35.7 Å². The number of carbonyl (C=O) groups is 1. The van der Waals surface area contributed by atoms with Gasteiger partial charge in [0.05, 0.1) is 10.8 Å². The lowest BCUT2D eigenvalue weighted by Gasteiger charge is -2.18. The summed E-state index contributed by atoms with van der Waals surface area (Å²) in [7, 11) is -1.24. The van der Waals surface area contributed by atoms with Crippen molar-refractivity contribution in [3.05, 3.63) is 18.2 Å². The van der Waals surface area contributed by atoms with Crippen molar-refractivity contribution in [3.8, 4) is 11.5 Å². The Kier molecular flexibility index (Phi) is 8.36. The monoisotopic (exact) mass is 362 g/mol. The van der Waals surface area contributed by atoms with Crippen LogP contribution in [0.2, 0.25) is 0 Å². The summed E-state index contributed by atoms with van der Waals surface area (Å²) in [6.45, 7) is 3.46. The topological polar surface area (TPSA) is 90.7 Å². The predicted octanol–water partition coefficient (Wildman–Crippen LogP) is 1.23. The van der Waals surface area contributed by atoms with Crippen LogP contribution in [0.1, 0.15) is 19.8 Å². The quantitative estimate of drug-likeness (QED) is 0.761. The number of hydrogen-bond acceptors (Lipinski definition) is 5. The van der Waals surface area contributed by atoms with Gasteiger partial charge in [-0.05, 0) is 25.5 Å². The van der Waals surface area contributed by atoms with E-state index in [-0.39, 0.29) is 36.5 Å². The fourth-order valence-corrected chi connectivity index (χ4v) is 3.06. The molecule has 8 heteroatoms. The fourth-order valence-electron chi connectivity index (χ4n) is 2.00. The molecule has 1 aliphatic heterocycles. The fraction of sp³-hybridized carbons (Fsp3) is 0.533. The van der Waals surface area contributed by atoms with Gasteiger partial charge >= 0.3 is 0 Å². The van der Waals surface area contributed by atoms with E-state index in [1.54, 1.807) is 18.2 Å². The molecule has 2 unspecified atom stereocenters. The maximum atomic E-state index is 12.2. The molecule has 130 valence electrons. The Labute approximate surface area is 145 Å². The molecule has 0 saturated heterocycles. The van der Waals surface area contributed by atoms with Crippen molar-refractivity contribution < 1.29 is 18.5 Å². The Hall–Kier alpha value is -1.31. The van der Waals surface area contributed by atoms with Gasteiger partial charge in [0.25, 0.3) is 0 Å². The van der Waals surface area contributed by atoms with Crippen LogP contribution >= 0.6 is 12.4 Å². The van der Waals surface area contributed by atoms with Crippen molar-refractivity contribution in [3.63, 3.8) is 0 Å². The van der Waals surface area contributed by atoms with E-state index < -0.39 is 10.8 Å². The number of nitrogens with two attached hydrogens (primary N) is 1. The van der Waals surface area contributed by atoms with Crippen LogP contribution in [0.3, 0.4) is 0 Å². The zero-order valence-corrected chi connectivity index (χ0v) is 14.7. The Morgan fingerprint density at radius 3 is 2.74 bits per heavy atom. The molecule has 1 amide bonds. The van der Waals surface area contributed by atoms with Crippen LogP contribution in [0, 0.1) is 0 Å². The molecule has 0 aliphatic carbocycles. The van der Waals surface area contributed by atoms with Gasteiger partial charge in [-0.3, -0.25) is 9.00 Å². The van der Waals surface area contributed by atoms with Crippen molar-refractivity contribution in [1.82, 2.24) is 5.32 Å². The molecule has 3 N–H and O–H groups in total. The molecule has 1 aromatic rings. The average Bonchev–Trinajstić information content (AvgIpc) is 2.51. The third-order valence-electron chi connectivity index (χ3n) is 3.21. The van der Waals surface area contributed by atoms with Crippen LogP contribution < -0.4 is 20.5 Å². The number of rotatable bonds is 7. The molecular formula is C15H23ClN2O4S. The number of hydrogen-bond donors (Lipinski definition) is 2. The molecule has 0 bridgehead atoms. The molecule has 0 fully saturated rings. The number of amides is 1. The number of fused-ring (bicyclic) bond motifs is 1. The minimum Gasteiger partial charge on any atom is -0.486 e. The first kappa shape index (κ1) is 19.7. The first-order valence-electron chi connectivity index (χ1n) is 7.36. The molecule has 23 heavy (non-hydrogen) atoms. The molecule has 1 aromatic carbocycles. The zero-order valence-electron chi connectivity index (χ0n) is 13.1. The van der Waals surface area contributed by atoms with E-state index in [2.05, 4.69) is 5.32 Å². The summed E-state index contributed by atoms with van der Waals surface area (Å²) in [5.74, 6) is 1.45. The average molecular weight is 363 g/mol.